The Kier molecular flexibility index (Phi) is 4.86. The number of carbonyl (C=O) groups is 1. The van der Waals surface area contributed by atoms with Crippen molar-refractivity contribution in [2.75, 3.05) is 5.32 Å². The lowest BCUT2D eigenvalue weighted by Crippen LogP contribution is -2.11. The number of nitrogens with one attached hydrogen (secondary N) is 1. The van der Waals surface area contributed by atoms with Crippen LogP contribution in [-0.2, 0) is 12.8 Å². The molecule has 21 heavy (non-hydrogen) atoms. The van der Waals surface area contributed by atoms with E-state index in [1.165, 1.54) is 0 Å². The minimum atomic E-state index is -1.03. The van der Waals surface area contributed by atoms with Crippen molar-refractivity contribution in [3.05, 3.63) is 52.5 Å². The van der Waals surface area contributed by atoms with E-state index in [0.717, 1.165) is 35.1 Å². The molecule has 0 aliphatic rings. The monoisotopic (exact) mass is 303 g/mol. The van der Waals surface area contributed by atoms with Crippen molar-refractivity contribution in [3.63, 3.8) is 0 Å². The number of benzene rings is 2. The molecule has 2 aromatic carbocycles. The van der Waals surface area contributed by atoms with Gasteiger partial charge in [0.05, 0.1) is 5.69 Å². The SMILES string of the molecule is CCc1cc(-c2ccc(Cl)cc2)cc(CC)c1NC(=O)O. The number of carboxylic acid groups (broad SMARTS) is 1. The summed E-state index contributed by atoms with van der Waals surface area (Å²) in [5.74, 6) is 0. The molecule has 0 saturated carbocycles. The quantitative estimate of drug-likeness (QED) is 0.813. The van der Waals surface area contributed by atoms with E-state index < -0.39 is 6.09 Å². The Bertz CT molecular complexity index is 625. The lowest BCUT2D eigenvalue weighted by atomic mass is 9.95. The zero-order valence-corrected chi connectivity index (χ0v) is 12.9. The third-order valence-electron chi connectivity index (χ3n) is 3.47. The van der Waals surface area contributed by atoms with Gasteiger partial charge in [0.2, 0.25) is 0 Å². The molecule has 0 fully saturated rings. The van der Waals surface area contributed by atoms with Gasteiger partial charge in [-0.2, -0.15) is 0 Å². The van der Waals surface area contributed by atoms with Gasteiger partial charge in [0, 0.05) is 5.02 Å². The molecule has 0 radical (unpaired) electrons. The number of amides is 1. The molecule has 0 aliphatic heterocycles. The van der Waals surface area contributed by atoms with Crippen LogP contribution in [0, 0.1) is 0 Å². The van der Waals surface area contributed by atoms with Crippen LogP contribution >= 0.6 is 11.6 Å². The predicted octanol–water partition coefficient (Wildman–Crippen LogP) is 5.22. The zero-order valence-electron chi connectivity index (χ0n) is 12.1. The summed E-state index contributed by atoms with van der Waals surface area (Å²) in [5, 5.41) is 12.2. The van der Waals surface area contributed by atoms with Crippen LogP contribution in [-0.4, -0.2) is 11.2 Å². The molecule has 0 heterocycles. The van der Waals surface area contributed by atoms with Gasteiger partial charge in [-0.25, -0.2) is 4.79 Å². The first-order valence-electron chi connectivity index (χ1n) is 6.96. The van der Waals surface area contributed by atoms with Crippen LogP contribution in [0.15, 0.2) is 36.4 Å². The normalized spacial score (nSPS) is 10.4. The number of anilines is 1. The molecule has 0 unspecified atom stereocenters. The minimum Gasteiger partial charge on any atom is -0.465 e. The maximum absolute atomic E-state index is 11.0. The average molecular weight is 304 g/mol. The summed E-state index contributed by atoms with van der Waals surface area (Å²) in [4.78, 5) is 11.0. The standard InChI is InChI=1S/C17H18ClNO2/c1-3-11-9-14(13-5-7-15(18)8-6-13)10-12(4-2)16(11)19-17(20)21/h5-10,19H,3-4H2,1-2H3,(H,20,21). The molecule has 0 aliphatic carbocycles. The van der Waals surface area contributed by atoms with E-state index in [0.29, 0.717) is 10.7 Å². The lowest BCUT2D eigenvalue weighted by molar-refractivity contribution is 0.209. The largest absolute Gasteiger partial charge is 0.465 e. The molecule has 0 atom stereocenters. The summed E-state index contributed by atoms with van der Waals surface area (Å²) in [6.45, 7) is 4.04. The highest BCUT2D eigenvalue weighted by Gasteiger charge is 2.12. The second kappa shape index (κ2) is 6.64. The number of hydrogen-bond acceptors (Lipinski definition) is 1. The van der Waals surface area contributed by atoms with Gasteiger partial charge >= 0.3 is 6.09 Å². The molecular formula is C17H18ClNO2. The van der Waals surface area contributed by atoms with Crippen molar-refractivity contribution in [1.82, 2.24) is 0 Å². The topological polar surface area (TPSA) is 49.3 Å². The van der Waals surface area contributed by atoms with Gasteiger partial charge in [-0.15, -0.1) is 0 Å². The zero-order chi connectivity index (χ0) is 15.4. The van der Waals surface area contributed by atoms with E-state index in [9.17, 15) is 4.79 Å². The Hall–Kier alpha value is -2.00. The van der Waals surface area contributed by atoms with Crippen LogP contribution in [0.2, 0.25) is 5.02 Å². The third-order valence-corrected chi connectivity index (χ3v) is 3.72. The van der Waals surface area contributed by atoms with Crippen molar-refractivity contribution in [2.24, 2.45) is 0 Å². The first-order valence-corrected chi connectivity index (χ1v) is 7.34. The van der Waals surface area contributed by atoms with Crippen LogP contribution in [0.4, 0.5) is 10.5 Å². The van der Waals surface area contributed by atoms with Gasteiger partial charge in [-0.05, 0) is 59.4 Å². The molecule has 0 saturated heterocycles. The number of aryl methyl sites for hydroxylation is 2. The fraction of sp³-hybridized carbons (Fsp3) is 0.235. The molecule has 2 aromatic rings. The van der Waals surface area contributed by atoms with E-state index in [1.807, 2.05) is 50.2 Å². The number of rotatable bonds is 4. The molecule has 2 rings (SSSR count). The summed E-state index contributed by atoms with van der Waals surface area (Å²) in [7, 11) is 0. The second-order valence-corrected chi connectivity index (χ2v) is 5.25. The van der Waals surface area contributed by atoms with E-state index in [2.05, 4.69) is 5.32 Å². The Morgan fingerprint density at radius 2 is 1.57 bits per heavy atom. The van der Waals surface area contributed by atoms with Gasteiger partial charge < -0.3 is 5.11 Å². The summed E-state index contributed by atoms with van der Waals surface area (Å²) in [6.07, 6.45) is 0.507. The van der Waals surface area contributed by atoms with E-state index in [-0.39, 0.29) is 0 Å². The van der Waals surface area contributed by atoms with Gasteiger partial charge in [0.15, 0.2) is 0 Å². The van der Waals surface area contributed by atoms with Gasteiger partial charge in [-0.3, -0.25) is 5.32 Å². The Morgan fingerprint density at radius 3 is 2.00 bits per heavy atom. The van der Waals surface area contributed by atoms with Crippen molar-refractivity contribution in [3.8, 4) is 11.1 Å². The molecule has 1 amide bonds. The van der Waals surface area contributed by atoms with Crippen LogP contribution in [0.25, 0.3) is 11.1 Å². The summed E-state index contributed by atoms with van der Waals surface area (Å²) in [5.41, 5.74) is 4.87. The fourth-order valence-corrected chi connectivity index (χ4v) is 2.53. The van der Waals surface area contributed by atoms with Crippen LogP contribution in [0.3, 0.4) is 0 Å². The molecular weight excluding hydrogens is 286 g/mol. The lowest BCUT2D eigenvalue weighted by Gasteiger charge is -2.15. The van der Waals surface area contributed by atoms with Crippen LogP contribution < -0.4 is 5.32 Å². The third kappa shape index (κ3) is 3.56. The van der Waals surface area contributed by atoms with E-state index in [4.69, 9.17) is 16.7 Å². The highest BCUT2D eigenvalue weighted by molar-refractivity contribution is 6.30. The summed E-state index contributed by atoms with van der Waals surface area (Å²) < 4.78 is 0. The van der Waals surface area contributed by atoms with E-state index >= 15 is 0 Å². The highest BCUT2D eigenvalue weighted by atomic mass is 35.5. The minimum absolute atomic E-state index is 0.703. The first kappa shape index (κ1) is 15.4. The summed E-state index contributed by atoms with van der Waals surface area (Å²) in [6, 6.07) is 11.7. The van der Waals surface area contributed by atoms with Crippen molar-refractivity contribution in [1.29, 1.82) is 0 Å². The smallest absolute Gasteiger partial charge is 0.409 e. The highest BCUT2D eigenvalue weighted by Crippen LogP contribution is 2.31. The number of hydrogen-bond donors (Lipinski definition) is 2. The molecule has 110 valence electrons. The maximum atomic E-state index is 11.0. The maximum Gasteiger partial charge on any atom is 0.409 e. The first-order chi connectivity index (χ1) is 10.0. The van der Waals surface area contributed by atoms with Crippen molar-refractivity contribution >= 4 is 23.4 Å². The van der Waals surface area contributed by atoms with Crippen LogP contribution in [0.5, 0.6) is 0 Å². The molecule has 2 N–H and O–H groups in total. The summed E-state index contributed by atoms with van der Waals surface area (Å²) >= 11 is 5.92. The van der Waals surface area contributed by atoms with Crippen molar-refractivity contribution < 1.29 is 9.90 Å². The molecule has 4 heteroatoms. The van der Waals surface area contributed by atoms with Gasteiger partial charge in [0.25, 0.3) is 0 Å². The van der Waals surface area contributed by atoms with E-state index in [1.54, 1.807) is 0 Å². The Labute approximate surface area is 129 Å². The van der Waals surface area contributed by atoms with Crippen LogP contribution in [0.1, 0.15) is 25.0 Å². The Morgan fingerprint density at radius 1 is 1.05 bits per heavy atom. The fourth-order valence-electron chi connectivity index (χ4n) is 2.40. The molecule has 0 bridgehead atoms. The van der Waals surface area contributed by atoms with Crippen molar-refractivity contribution in [2.45, 2.75) is 26.7 Å². The van der Waals surface area contributed by atoms with Gasteiger partial charge in [-0.1, -0.05) is 37.6 Å². The van der Waals surface area contributed by atoms with Gasteiger partial charge in [0.1, 0.15) is 0 Å². The molecule has 0 aromatic heterocycles. The Balaban J connectivity index is 2.54. The molecule has 3 nitrogen and oxygen atoms in total. The average Bonchev–Trinajstić information content (AvgIpc) is 2.47. The number of halogens is 1. The second-order valence-electron chi connectivity index (χ2n) is 4.81. The molecule has 0 spiro atoms. The predicted molar refractivity (Wildman–Crippen MR) is 87.3 cm³/mol.